The average Bonchev–Trinajstić information content (AvgIpc) is 3.18. The Morgan fingerprint density at radius 1 is 1.42 bits per heavy atom. The van der Waals surface area contributed by atoms with Crippen LogP contribution in [-0.4, -0.2) is 44.9 Å². The van der Waals surface area contributed by atoms with Crippen molar-refractivity contribution in [3.63, 3.8) is 0 Å². The number of urea groups is 1. The number of nitrogens with zero attached hydrogens (tertiary/aromatic N) is 3. The number of amides is 2. The van der Waals surface area contributed by atoms with Crippen molar-refractivity contribution in [2.45, 2.75) is 13.3 Å². The molecule has 0 bridgehead atoms. The van der Waals surface area contributed by atoms with E-state index in [1.54, 1.807) is 48.3 Å². The maximum Gasteiger partial charge on any atom is 0.321 e. The third-order valence-electron chi connectivity index (χ3n) is 4.23. The van der Waals surface area contributed by atoms with E-state index in [-0.39, 0.29) is 12.6 Å². The third kappa shape index (κ3) is 3.07. The molecule has 1 fully saturated rings. The molecule has 8 heteroatoms. The van der Waals surface area contributed by atoms with E-state index in [9.17, 15) is 14.7 Å². The van der Waals surface area contributed by atoms with Crippen LogP contribution in [0.5, 0.6) is 0 Å². The van der Waals surface area contributed by atoms with E-state index in [2.05, 4.69) is 10.4 Å². The highest BCUT2D eigenvalue weighted by atomic mass is 35.5. The topological polar surface area (TPSA) is 87.5 Å². The number of benzene rings is 1. The molecule has 2 heterocycles. The minimum atomic E-state index is -0.890. The number of hydrogen-bond acceptors (Lipinski definition) is 3. The summed E-state index contributed by atoms with van der Waals surface area (Å²) < 4.78 is 1.63. The summed E-state index contributed by atoms with van der Waals surface area (Å²) in [5.74, 6) is -0.885. The van der Waals surface area contributed by atoms with Crippen LogP contribution in [0.1, 0.15) is 13.3 Å². The molecule has 126 valence electrons. The number of carbonyl (C=O) groups is 2. The van der Waals surface area contributed by atoms with Gasteiger partial charge in [0.15, 0.2) is 0 Å². The second-order valence-corrected chi connectivity index (χ2v) is 6.49. The van der Waals surface area contributed by atoms with E-state index < -0.39 is 11.4 Å². The van der Waals surface area contributed by atoms with Gasteiger partial charge in [-0.3, -0.25) is 4.79 Å². The molecule has 1 unspecified atom stereocenters. The standard InChI is InChI=1S/C16H17ClN4O3/c1-16(14(22)23)5-8-20(10-16)15(24)19-11-3-4-13(12(17)9-11)21-7-2-6-18-21/h2-4,6-7,9H,5,8,10H2,1H3,(H,19,24)(H,22,23). The van der Waals surface area contributed by atoms with Gasteiger partial charge in [-0.2, -0.15) is 5.10 Å². The van der Waals surface area contributed by atoms with Crippen LogP contribution >= 0.6 is 11.6 Å². The lowest BCUT2D eigenvalue weighted by Gasteiger charge is -2.20. The van der Waals surface area contributed by atoms with Gasteiger partial charge in [0.25, 0.3) is 0 Å². The van der Waals surface area contributed by atoms with Gasteiger partial charge in [0.1, 0.15) is 0 Å². The number of aromatic nitrogens is 2. The van der Waals surface area contributed by atoms with Crippen molar-refractivity contribution in [3.8, 4) is 5.69 Å². The van der Waals surface area contributed by atoms with Gasteiger partial charge in [0.05, 0.1) is 16.1 Å². The van der Waals surface area contributed by atoms with Gasteiger partial charge >= 0.3 is 12.0 Å². The average molecular weight is 349 g/mol. The first-order valence-electron chi connectivity index (χ1n) is 7.48. The second-order valence-electron chi connectivity index (χ2n) is 6.08. The molecular weight excluding hydrogens is 332 g/mol. The summed E-state index contributed by atoms with van der Waals surface area (Å²) >= 11 is 6.25. The minimum Gasteiger partial charge on any atom is -0.481 e. The molecular formula is C16H17ClN4O3. The zero-order chi connectivity index (χ0) is 17.3. The van der Waals surface area contributed by atoms with Crippen molar-refractivity contribution in [2.75, 3.05) is 18.4 Å². The predicted molar refractivity (Wildman–Crippen MR) is 89.5 cm³/mol. The zero-order valence-corrected chi connectivity index (χ0v) is 13.8. The maximum absolute atomic E-state index is 12.3. The van der Waals surface area contributed by atoms with Gasteiger partial charge in [0, 0.05) is 31.2 Å². The van der Waals surface area contributed by atoms with E-state index in [4.69, 9.17) is 11.6 Å². The molecule has 2 N–H and O–H groups in total. The SMILES string of the molecule is CC1(C(=O)O)CCN(C(=O)Nc2ccc(-n3cccn3)c(Cl)c2)C1. The van der Waals surface area contributed by atoms with Crippen molar-refractivity contribution < 1.29 is 14.7 Å². The molecule has 3 rings (SSSR count). The second kappa shape index (κ2) is 6.16. The van der Waals surface area contributed by atoms with E-state index >= 15 is 0 Å². The highest BCUT2D eigenvalue weighted by Gasteiger charge is 2.42. The van der Waals surface area contributed by atoms with Gasteiger partial charge < -0.3 is 15.3 Å². The molecule has 1 aliphatic rings. The Labute approximate surface area is 143 Å². The summed E-state index contributed by atoms with van der Waals surface area (Å²) in [6, 6.07) is 6.59. The monoisotopic (exact) mass is 348 g/mol. The molecule has 1 saturated heterocycles. The molecule has 0 aliphatic carbocycles. The summed E-state index contributed by atoms with van der Waals surface area (Å²) in [5.41, 5.74) is 0.364. The first-order chi connectivity index (χ1) is 11.4. The van der Waals surface area contributed by atoms with Crippen LogP contribution in [0.3, 0.4) is 0 Å². The lowest BCUT2D eigenvalue weighted by atomic mass is 9.90. The van der Waals surface area contributed by atoms with Crippen LogP contribution in [0, 0.1) is 5.41 Å². The Morgan fingerprint density at radius 2 is 2.21 bits per heavy atom. The van der Waals surface area contributed by atoms with Crippen molar-refractivity contribution >= 4 is 29.3 Å². The van der Waals surface area contributed by atoms with Gasteiger partial charge in [-0.1, -0.05) is 11.6 Å². The van der Waals surface area contributed by atoms with Crippen molar-refractivity contribution in [1.29, 1.82) is 0 Å². The molecule has 1 aliphatic heterocycles. The normalized spacial score (nSPS) is 20.2. The van der Waals surface area contributed by atoms with Crippen LogP contribution in [0.15, 0.2) is 36.7 Å². The van der Waals surface area contributed by atoms with Crippen LogP contribution < -0.4 is 5.32 Å². The number of nitrogens with one attached hydrogen (secondary N) is 1. The summed E-state index contributed by atoms with van der Waals surface area (Å²) in [7, 11) is 0. The number of carboxylic acids is 1. The Bertz CT molecular complexity index is 778. The minimum absolute atomic E-state index is 0.188. The molecule has 24 heavy (non-hydrogen) atoms. The zero-order valence-electron chi connectivity index (χ0n) is 13.1. The number of aliphatic carboxylic acids is 1. The molecule has 0 spiro atoms. The van der Waals surface area contributed by atoms with Crippen molar-refractivity contribution in [2.24, 2.45) is 5.41 Å². The number of halogens is 1. The molecule has 0 radical (unpaired) electrons. The number of hydrogen-bond donors (Lipinski definition) is 2. The summed E-state index contributed by atoms with van der Waals surface area (Å²) in [5, 5.41) is 16.6. The maximum atomic E-state index is 12.3. The van der Waals surface area contributed by atoms with Gasteiger partial charge in [-0.25, -0.2) is 9.48 Å². The molecule has 2 aromatic rings. The van der Waals surface area contributed by atoms with Crippen LogP contribution in [0.2, 0.25) is 5.02 Å². The van der Waals surface area contributed by atoms with Crippen LogP contribution in [0.25, 0.3) is 5.69 Å². The van der Waals surface area contributed by atoms with Gasteiger partial charge in [0.2, 0.25) is 0 Å². The lowest BCUT2D eigenvalue weighted by molar-refractivity contribution is -0.146. The Hall–Kier alpha value is -2.54. The number of rotatable bonds is 3. The van der Waals surface area contributed by atoms with Gasteiger partial charge in [-0.05, 0) is 37.6 Å². The van der Waals surface area contributed by atoms with Gasteiger partial charge in [-0.15, -0.1) is 0 Å². The summed E-state index contributed by atoms with van der Waals surface area (Å²) in [6.07, 6.45) is 3.87. The predicted octanol–water partition coefficient (Wildman–Crippen LogP) is 2.85. The number of carbonyl (C=O) groups excluding carboxylic acids is 1. The fraction of sp³-hybridized carbons (Fsp3) is 0.312. The Balaban J connectivity index is 1.70. The fourth-order valence-corrected chi connectivity index (χ4v) is 2.96. The summed E-state index contributed by atoms with van der Waals surface area (Å²) in [4.78, 5) is 25.1. The highest BCUT2D eigenvalue weighted by molar-refractivity contribution is 6.32. The Morgan fingerprint density at radius 3 is 2.79 bits per heavy atom. The smallest absolute Gasteiger partial charge is 0.321 e. The first kappa shape index (κ1) is 16.3. The number of carboxylic acid groups (broad SMARTS) is 1. The molecule has 1 atom stereocenters. The van der Waals surface area contributed by atoms with E-state index in [1.807, 2.05) is 0 Å². The highest BCUT2D eigenvalue weighted by Crippen LogP contribution is 2.31. The lowest BCUT2D eigenvalue weighted by Crippen LogP contribution is -2.37. The molecule has 0 saturated carbocycles. The van der Waals surface area contributed by atoms with E-state index in [0.29, 0.717) is 29.4 Å². The fourth-order valence-electron chi connectivity index (χ4n) is 2.69. The number of anilines is 1. The molecule has 1 aromatic heterocycles. The van der Waals surface area contributed by atoms with E-state index in [1.165, 1.54) is 4.90 Å². The molecule has 2 amide bonds. The van der Waals surface area contributed by atoms with E-state index in [0.717, 1.165) is 0 Å². The Kier molecular flexibility index (Phi) is 4.19. The number of likely N-dealkylation sites (tertiary alicyclic amines) is 1. The molecule has 1 aromatic carbocycles. The quantitative estimate of drug-likeness (QED) is 0.892. The third-order valence-corrected chi connectivity index (χ3v) is 4.53. The first-order valence-corrected chi connectivity index (χ1v) is 7.86. The van der Waals surface area contributed by atoms with Crippen molar-refractivity contribution in [3.05, 3.63) is 41.7 Å². The van der Waals surface area contributed by atoms with Crippen LogP contribution in [-0.2, 0) is 4.79 Å². The largest absolute Gasteiger partial charge is 0.481 e. The summed E-state index contributed by atoms with van der Waals surface area (Å²) in [6.45, 7) is 2.25. The molecule has 7 nitrogen and oxygen atoms in total. The van der Waals surface area contributed by atoms with Crippen LogP contribution in [0.4, 0.5) is 10.5 Å². The van der Waals surface area contributed by atoms with Crippen molar-refractivity contribution in [1.82, 2.24) is 14.7 Å².